The first-order chi connectivity index (χ1) is 12.1. The lowest BCUT2D eigenvalue weighted by molar-refractivity contribution is 0.0947. The number of nitrogens with one attached hydrogen (secondary N) is 1. The van der Waals surface area contributed by atoms with Crippen molar-refractivity contribution in [1.29, 1.82) is 0 Å². The van der Waals surface area contributed by atoms with Crippen molar-refractivity contribution < 1.29 is 13.9 Å². The van der Waals surface area contributed by atoms with Gasteiger partial charge in [0.25, 0.3) is 11.5 Å². The number of nitrogens with zero attached hydrogens (tertiary/aromatic N) is 2. The summed E-state index contributed by atoms with van der Waals surface area (Å²) in [5, 5.41) is 2.82. The number of hydrogen-bond donors (Lipinski definition) is 1. The predicted octanol–water partition coefficient (Wildman–Crippen LogP) is 1.98. The average Bonchev–Trinajstić information content (AvgIpc) is 3.16. The Morgan fingerprint density at radius 1 is 1.36 bits per heavy atom. The minimum Gasteiger partial charge on any atom is -0.496 e. The number of furan rings is 1. The second-order valence-corrected chi connectivity index (χ2v) is 5.38. The van der Waals surface area contributed by atoms with E-state index in [4.69, 9.17) is 9.15 Å². The van der Waals surface area contributed by atoms with Crippen molar-refractivity contribution in [2.24, 2.45) is 7.05 Å². The van der Waals surface area contributed by atoms with Crippen molar-refractivity contribution in [3.63, 3.8) is 0 Å². The van der Waals surface area contributed by atoms with Crippen LogP contribution in [0.3, 0.4) is 0 Å². The summed E-state index contributed by atoms with van der Waals surface area (Å²) in [4.78, 5) is 28.5. The number of aromatic nitrogens is 2. The van der Waals surface area contributed by atoms with E-state index in [1.807, 2.05) is 12.1 Å². The summed E-state index contributed by atoms with van der Waals surface area (Å²) in [6.45, 7) is 0.259. The third-order valence-electron chi connectivity index (χ3n) is 3.74. The van der Waals surface area contributed by atoms with Crippen LogP contribution in [0.1, 0.15) is 15.9 Å². The summed E-state index contributed by atoms with van der Waals surface area (Å²) < 4.78 is 11.8. The molecule has 0 aromatic carbocycles. The Bertz CT molecular complexity index is 945. The molecule has 3 aromatic rings. The van der Waals surface area contributed by atoms with Crippen LogP contribution in [-0.4, -0.2) is 22.6 Å². The van der Waals surface area contributed by atoms with Crippen molar-refractivity contribution in [3.05, 3.63) is 70.5 Å². The van der Waals surface area contributed by atoms with E-state index in [1.165, 1.54) is 23.9 Å². The Hall–Kier alpha value is -3.35. The van der Waals surface area contributed by atoms with E-state index in [-0.39, 0.29) is 29.3 Å². The zero-order chi connectivity index (χ0) is 17.8. The largest absolute Gasteiger partial charge is 0.496 e. The quantitative estimate of drug-likeness (QED) is 0.768. The first-order valence-corrected chi connectivity index (χ1v) is 7.61. The van der Waals surface area contributed by atoms with Gasteiger partial charge in [-0.15, -0.1) is 0 Å². The van der Waals surface area contributed by atoms with Gasteiger partial charge in [-0.1, -0.05) is 6.07 Å². The molecule has 3 heterocycles. The molecule has 0 aliphatic carbocycles. The van der Waals surface area contributed by atoms with Gasteiger partial charge in [-0.05, 0) is 18.2 Å². The monoisotopic (exact) mass is 339 g/mol. The first-order valence-electron chi connectivity index (χ1n) is 7.61. The third kappa shape index (κ3) is 3.45. The summed E-state index contributed by atoms with van der Waals surface area (Å²) in [5.74, 6) is 0.518. The Kier molecular flexibility index (Phi) is 4.65. The van der Waals surface area contributed by atoms with E-state index in [0.717, 1.165) is 5.56 Å². The van der Waals surface area contributed by atoms with E-state index in [0.29, 0.717) is 11.5 Å². The van der Waals surface area contributed by atoms with Crippen molar-refractivity contribution in [3.8, 4) is 17.2 Å². The fourth-order valence-electron chi connectivity index (χ4n) is 2.44. The topological polar surface area (TPSA) is 86.4 Å². The maximum Gasteiger partial charge on any atom is 0.256 e. The molecule has 128 valence electrons. The number of hydrogen-bond acceptors (Lipinski definition) is 5. The molecule has 3 aromatic heterocycles. The molecule has 7 nitrogen and oxygen atoms in total. The van der Waals surface area contributed by atoms with Crippen molar-refractivity contribution in [2.75, 3.05) is 7.11 Å². The molecule has 0 aliphatic heterocycles. The van der Waals surface area contributed by atoms with Crippen LogP contribution in [0.15, 0.2) is 58.2 Å². The SMILES string of the molecule is COc1cc(=O)n(C)cc1C(=O)NCc1cccnc1-c1ccco1. The Balaban J connectivity index is 1.83. The van der Waals surface area contributed by atoms with Gasteiger partial charge in [0.15, 0.2) is 5.76 Å². The van der Waals surface area contributed by atoms with Gasteiger partial charge >= 0.3 is 0 Å². The molecule has 1 N–H and O–H groups in total. The van der Waals surface area contributed by atoms with Crippen LogP contribution < -0.4 is 15.6 Å². The van der Waals surface area contributed by atoms with Crippen molar-refractivity contribution in [2.45, 2.75) is 6.54 Å². The highest BCUT2D eigenvalue weighted by Crippen LogP contribution is 2.21. The molecule has 0 spiro atoms. The van der Waals surface area contributed by atoms with Crippen LogP contribution in [0.5, 0.6) is 5.75 Å². The highest BCUT2D eigenvalue weighted by atomic mass is 16.5. The minimum absolute atomic E-state index is 0.234. The maximum atomic E-state index is 12.5. The molecular weight excluding hydrogens is 322 g/mol. The second kappa shape index (κ2) is 7.04. The molecule has 25 heavy (non-hydrogen) atoms. The fourth-order valence-corrected chi connectivity index (χ4v) is 2.44. The van der Waals surface area contributed by atoms with Gasteiger partial charge in [-0.25, -0.2) is 0 Å². The predicted molar refractivity (Wildman–Crippen MR) is 91.3 cm³/mol. The zero-order valence-electron chi connectivity index (χ0n) is 13.9. The number of ether oxygens (including phenoxy) is 1. The van der Waals surface area contributed by atoms with Gasteiger partial charge in [0, 0.05) is 37.6 Å². The molecule has 0 radical (unpaired) electrons. The molecule has 1 amide bonds. The minimum atomic E-state index is -0.346. The maximum absolute atomic E-state index is 12.5. The van der Waals surface area contributed by atoms with Gasteiger partial charge in [-0.3, -0.25) is 14.6 Å². The summed E-state index contributed by atoms with van der Waals surface area (Å²) in [6, 6.07) is 8.53. The number of rotatable bonds is 5. The van der Waals surface area contributed by atoms with E-state index in [1.54, 1.807) is 31.6 Å². The Labute approximate surface area is 143 Å². The van der Waals surface area contributed by atoms with Crippen LogP contribution in [0.4, 0.5) is 0 Å². The normalized spacial score (nSPS) is 10.5. The van der Waals surface area contributed by atoms with Crippen LogP contribution >= 0.6 is 0 Å². The van der Waals surface area contributed by atoms with Gasteiger partial charge in [0.05, 0.1) is 18.9 Å². The van der Waals surface area contributed by atoms with E-state index in [2.05, 4.69) is 10.3 Å². The number of pyridine rings is 2. The lowest BCUT2D eigenvalue weighted by Crippen LogP contribution is -2.26. The summed E-state index contributed by atoms with van der Waals surface area (Å²) in [7, 11) is 3.00. The van der Waals surface area contributed by atoms with Gasteiger partial charge in [0.2, 0.25) is 0 Å². The number of carbonyl (C=O) groups is 1. The molecule has 3 rings (SSSR count). The zero-order valence-corrected chi connectivity index (χ0v) is 13.9. The molecule has 0 fully saturated rings. The smallest absolute Gasteiger partial charge is 0.256 e. The average molecular weight is 339 g/mol. The van der Waals surface area contributed by atoms with E-state index < -0.39 is 0 Å². The summed E-state index contributed by atoms with van der Waals surface area (Å²) in [5.41, 5.74) is 1.52. The van der Waals surface area contributed by atoms with Gasteiger partial charge in [0.1, 0.15) is 11.4 Å². The highest BCUT2D eigenvalue weighted by molar-refractivity contribution is 5.96. The molecule has 0 atom stereocenters. The van der Waals surface area contributed by atoms with Crippen LogP contribution in [0.2, 0.25) is 0 Å². The molecular formula is C18H17N3O4. The lowest BCUT2D eigenvalue weighted by atomic mass is 10.1. The van der Waals surface area contributed by atoms with Crippen molar-refractivity contribution in [1.82, 2.24) is 14.9 Å². The fraction of sp³-hybridized carbons (Fsp3) is 0.167. The lowest BCUT2D eigenvalue weighted by Gasteiger charge is -2.11. The Morgan fingerprint density at radius 3 is 2.92 bits per heavy atom. The molecule has 0 aliphatic rings. The molecule has 7 heteroatoms. The van der Waals surface area contributed by atoms with Crippen LogP contribution in [0.25, 0.3) is 11.5 Å². The van der Waals surface area contributed by atoms with Crippen LogP contribution in [0, 0.1) is 0 Å². The molecule has 0 saturated carbocycles. The van der Waals surface area contributed by atoms with Crippen LogP contribution in [-0.2, 0) is 13.6 Å². The number of amides is 1. The molecule has 0 saturated heterocycles. The highest BCUT2D eigenvalue weighted by Gasteiger charge is 2.15. The standard InChI is InChI=1S/C18H17N3O4/c1-21-11-13(15(24-2)9-16(21)22)18(23)20-10-12-5-3-7-19-17(12)14-6-4-8-25-14/h3-9,11H,10H2,1-2H3,(H,20,23). The summed E-state index contributed by atoms with van der Waals surface area (Å²) in [6.07, 6.45) is 4.69. The summed E-state index contributed by atoms with van der Waals surface area (Å²) >= 11 is 0. The van der Waals surface area contributed by atoms with Gasteiger partial charge in [-0.2, -0.15) is 0 Å². The first kappa shape index (κ1) is 16.5. The Morgan fingerprint density at radius 2 is 2.20 bits per heavy atom. The van der Waals surface area contributed by atoms with Gasteiger partial charge < -0.3 is 19.0 Å². The van der Waals surface area contributed by atoms with E-state index in [9.17, 15) is 9.59 Å². The van der Waals surface area contributed by atoms with Crippen molar-refractivity contribution >= 4 is 5.91 Å². The number of methoxy groups -OCH3 is 1. The number of carbonyl (C=O) groups excluding carboxylic acids is 1. The molecule has 0 unspecified atom stereocenters. The third-order valence-corrected chi connectivity index (χ3v) is 3.74. The number of aryl methyl sites for hydroxylation is 1. The molecule has 0 bridgehead atoms. The van der Waals surface area contributed by atoms with E-state index >= 15 is 0 Å². The second-order valence-electron chi connectivity index (χ2n) is 5.38.